The number of hydrogen-bond donors (Lipinski definition) is 0. The molecule has 4 rings (SSSR count). The van der Waals surface area contributed by atoms with Crippen LogP contribution in [0.4, 0.5) is 0 Å². The van der Waals surface area contributed by atoms with Crippen LogP contribution in [0.25, 0.3) is 27.5 Å². The fourth-order valence-electron chi connectivity index (χ4n) is 3.06. The molecule has 0 amide bonds. The molecule has 0 fully saturated rings. The van der Waals surface area contributed by atoms with Crippen LogP contribution in [0.2, 0.25) is 0 Å². The van der Waals surface area contributed by atoms with E-state index in [1.165, 1.54) is 6.26 Å². The first-order valence-electron chi connectivity index (χ1n) is 8.32. The van der Waals surface area contributed by atoms with Crippen LogP contribution >= 0.6 is 11.3 Å². The molecule has 2 aromatic heterocycles. The van der Waals surface area contributed by atoms with E-state index in [-0.39, 0.29) is 0 Å². The topological polar surface area (TPSA) is 51.4 Å². The van der Waals surface area contributed by atoms with Crippen LogP contribution in [-0.4, -0.2) is 24.1 Å². The zero-order valence-electron chi connectivity index (χ0n) is 14.5. The van der Waals surface area contributed by atoms with Gasteiger partial charge in [0.1, 0.15) is 0 Å². The molecule has 0 saturated heterocycles. The Kier molecular flexibility index (Phi) is 4.17. The number of sulfone groups is 1. The number of hydrogen-bond acceptors (Lipinski definition) is 4. The Labute approximate surface area is 156 Å². The van der Waals surface area contributed by atoms with Gasteiger partial charge in [-0.2, -0.15) is 0 Å². The van der Waals surface area contributed by atoms with Crippen molar-refractivity contribution in [3.8, 4) is 22.5 Å². The van der Waals surface area contributed by atoms with E-state index in [4.69, 9.17) is 4.98 Å². The minimum atomic E-state index is -3.25. The third kappa shape index (κ3) is 2.95. The molecule has 26 heavy (non-hydrogen) atoms. The first-order chi connectivity index (χ1) is 12.5. The molecule has 132 valence electrons. The molecule has 0 atom stereocenters. The van der Waals surface area contributed by atoms with Crippen molar-refractivity contribution in [2.24, 2.45) is 0 Å². The number of aryl methyl sites for hydroxylation is 1. The molecule has 0 spiro atoms. The Balaban J connectivity index is 1.91. The fourth-order valence-corrected chi connectivity index (χ4v) is 4.58. The standard InChI is InChI=1S/C20H18N2O2S2/c1-3-14-9-10-16(26(2,23)24)11-17(14)19-13-25-20-21-18(12-22(19)20)15-7-5-4-6-8-15/h4-13H,3H2,1-2H3. The Morgan fingerprint density at radius 2 is 1.88 bits per heavy atom. The van der Waals surface area contributed by atoms with E-state index in [0.717, 1.165) is 39.5 Å². The summed E-state index contributed by atoms with van der Waals surface area (Å²) in [6, 6.07) is 15.4. The Bertz CT molecular complexity index is 1190. The summed E-state index contributed by atoms with van der Waals surface area (Å²) in [6.45, 7) is 2.08. The van der Waals surface area contributed by atoms with Gasteiger partial charge in [-0.3, -0.25) is 4.40 Å². The van der Waals surface area contributed by atoms with E-state index >= 15 is 0 Å². The van der Waals surface area contributed by atoms with E-state index in [1.807, 2.05) is 52.4 Å². The van der Waals surface area contributed by atoms with Gasteiger partial charge < -0.3 is 0 Å². The highest BCUT2D eigenvalue weighted by Gasteiger charge is 2.16. The highest BCUT2D eigenvalue weighted by Crippen LogP contribution is 2.32. The first kappa shape index (κ1) is 17.0. The van der Waals surface area contributed by atoms with Crippen molar-refractivity contribution in [2.45, 2.75) is 18.2 Å². The first-order valence-corrected chi connectivity index (χ1v) is 11.1. The lowest BCUT2D eigenvalue weighted by atomic mass is 10.0. The minimum Gasteiger partial charge on any atom is -0.290 e. The van der Waals surface area contributed by atoms with Crippen molar-refractivity contribution in [2.75, 3.05) is 6.26 Å². The molecule has 0 aliphatic carbocycles. The molecule has 0 bridgehead atoms. The lowest BCUT2D eigenvalue weighted by Gasteiger charge is -2.09. The van der Waals surface area contributed by atoms with Crippen molar-refractivity contribution in [3.05, 3.63) is 65.7 Å². The molecule has 0 aliphatic rings. The van der Waals surface area contributed by atoms with E-state index in [9.17, 15) is 8.42 Å². The van der Waals surface area contributed by atoms with Crippen LogP contribution in [-0.2, 0) is 16.3 Å². The van der Waals surface area contributed by atoms with Crippen molar-refractivity contribution in [1.29, 1.82) is 0 Å². The predicted molar refractivity (Wildman–Crippen MR) is 106 cm³/mol. The molecular weight excluding hydrogens is 364 g/mol. The number of nitrogens with zero attached hydrogens (tertiary/aromatic N) is 2. The molecule has 0 unspecified atom stereocenters. The Hall–Kier alpha value is -2.44. The number of imidazole rings is 1. The molecule has 0 radical (unpaired) electrons. The number of fused-ring (bicyclic) bond motifs is 1. The van der Waals surface area contributed by atoms with E-state index < -0.39 is 9.84 Å². The predicted octanol–water partition coefficient (Wildman–Crippen LogP) is 4.70. The van der Waals surface area contributed by atoms with E-state index in [1.54, 1.807) is 23.5 Å². The molecule has 2 heterocycles. The number of rotatable bonds is 4. The van der Waals surface area contributed by atoms with Gasteiger partial charge >= 0.3 is 0 Å². The van der Waals surface area contributed by atoms with Gasteiger partial charge in [0.25, 0.3) is 0 Å². The van der Waals surface area contributed by atoms with Crippen molar-refractivity contribution >= 4 is 26.1 Å². The molecule has 0 aliphatic heterocycles. The van der Waals surface area contributed by atoms with Crippen LogP contribution in [0.3, 0.4) is 0 Å². The van der Waals surface area contributed by atoms with Gasteiger partial charge in [0, 0.05) is 29.0 Å². The zero-order valence-corrected chi connectivity index (χ0v) is 16.1. The van der Waals surface area contributed by atoms with Crippen LogP contribution in [0, 0.1) is 0 Å². The highest BCUT2D eigenvalue weighted by molar-refractivity contribution is 7.90. The lowest BCUT2D eigenvalue weighted by Crippen LogP contribution is -1.99. The molecule has 4 nitrogen and oxygen atoms in total. The lowest BCUT2D eigenvalue weighted by molar-refractivity contribution is 0.602. The van der Waals surface area contributed by atoms with Gasteiger partial charge in [0.05, 0.1) is 16.3 Å². The summed E-state index contributed by atoms with van der Waals surface area (Å²) in [6.07, 6.45) is 4.09. The molecular formula is C20H18N2O2S2. The normalized spacial score (nSPS) is 11.9. The SMILES string of the molecule is CCc1ccc(S(C)(=O)=O)cc1-c1csc2nc(-c3ccccc3)cn12. The van der Waals surface area contributed by atoms with Gasteiger partial charge in [0.15, 0.2) is 14.8 Å². The maximum absolute atomic E-state index is 12.0. The van der Waals surface area contributed by atoms with E-state index in [2.05, 4.69) is 6.92 Å². The molecule has 0 saturated carbocycles. The smallest absolute Gasteiger partial charge is 0.194 e. The second kappa shape index (κ2) is 6.37. The van der Waals surface area contributed by atoms with Crippen LogP contribution in [0.1, 0.15) is 12.5 Å². The monoisotopic (exact) mass is 382 g/mol. The quantitative estimate of drug-likeness (QED) is 0.514. The van der Waals surface area contributed by atoms with Crippen LogP contribution in [0.5, 0.6) is 0 Å². The summed E-state index contributed by atoms with van der Waals surface area (Å²) in [5.74, 6) is 0. The van der Waals surface area contributed by atoms with Crippen molar-refractivity contribution in [1.82, 2.24) is 9.38 Å². The molecule has 0 N–H and O–H groups in total. The summed E-state index contributed by atoms with van der Waals surface area (Å²) in [4.78, 5) is 5.95. The van der Waals surface area contributed by atoms with Crippen molar-refractivity contribution in [3.63, 3.8) is 0 Å². The number of benzene rings is 2. The second-order valence-corrected chi connectivity index (χ2v) is 9.06. The largest absolute Gasteiger partial charge is 0.290 e. The summed E-state index contributed by atoms with van der Waals surface area (Å²) in [7, 11) is -3.25. The summed E-state index contributed by atoms with van der Waals surface area (Å²) >= 11 is 1.56. The minimum absolute atomic E-state index is 0.340. The fraction of sp³-hybridized carbons (Fsp3) is 0.150. The zero-order chi connectivity index (χ0) is 18.3. The Morgan fingerprint density at radius 1 is 1.12 bits per heavy atom. The van der Waals surface area contributed by atoms with Gasteiger partial charge in [-0.15, -0.1) is 11.3 Å². The van der Waals surface area contributed by atoms with Gasteiger partial charge in [-0.05, 0) is 24.1 Å². The van der Waals surface area contributed by atoms with Crippen LogP contribution < -0.4 is 0 Å². The second-order valence-electron chi connectivity index (χ2n) is 6.21. The molecule has 2 aromatic carbocycles. The van der Waals surface area contributed by atoms with Crippen LogP contribution in [0.15, 0.2) is 65.0 Å². The maximum atomic E-state index is 12.0. The van der Waals surface area contributed by atoms with Gasteiger partial charge in [-0.1, -0.05) is 43.3 Å². The third-order valence-electron chi connectivity index (χ3n) is 4.44. The van der Waals surface area contributed by atoms with Crippen molar-refractivity contribution < 1.29 is 8.42 Å². The average Bonchev–Trinajstić information content (AvgIpc) is 3.22. The number of thiazole rings is 1. The number of aromatic nitrogens is 2. The third-order valence-corrected chi connectivity index (χ3v) is 6.40. The maximum Gasteiger partial charge on any atom is 0.194 e. The van der Waals surface area contributed by atoms with Gasteiger partial charge in [0.2, 0.25) is 0 Å². The van der Waals surface area contributed by atoms with Gasteiger partial charge in [-0.25, -0.2) is 13.4 Å². The Morgan fingerprint density at radius 3 is 2.58 bits per heavy atom. The molecule has 6 heteroatoms. The summed E-state index contributed by atoms with van der Waals surface area (Å²) in [5, 5.41) is 2.04. The average molecular weight is 383 g/mol. The van der Waals surface area contributed by atoms with E-state index in [0.29, 0.717) is 4.90 Å². The molecule has 4 aromatic rings. The highest BCUT2D eigenvalue weighted by atomic mass is 32.2. The summed E-state index contributed by atoms with van der Waals surface area (Å²) in [5.41, 5.74) is 5.01. The summed E-state index contributed by atoms with van der Waals surface area (Å²) < 4.78 is 26.0.